The van der Waals surface area contributed by atoms with E-state index < -0.39 is 26.6 Å². The molecule has 1 aromatic rings. The van der Waals surface area contributed by atoms with Crippen LogP contribution in [0, 0.1) is 18.6 Å². The highest BCUT2D eigenvalue weighted by Gasteiger charge is 2.20. The SMILES string of the molecule is CNCCCNS(=O)(=O)c1cc(C)c(F)cc1F. The number of halogens is 2. The van der Waals surface area contributed by atoms with Gasteiger partial charge in [-0.15, -0.1) is 0 Å². The Bertz CT molecular complexity index is 518. The quantitative estimate of drug-likeness (QED) is 0.768. The van der Waals surface area contributed by atoms with Crippen molar-refractivity contribution in [3.63, 3.8) is 0 Å². The third-order valence-electron chi connectivity index (χ3n) is 2.40. The first-order valence-corrected chi connectivity index (χ1v) is 6.96. The monoisotopic (exact) mass is 278 g/mol. The van der Waals surface area contributed by atoms with E-state index in [1.165, 1.54) is 6.92 Å². The fraction of sp³-hybridized carbons (Fsp3) is 0.455. The predicted octanol–water partition coefficient (Wildman–Crippen LogP) is 1.16. The predicted molar refractivity (Wildman–Crippen MR) is 64.8 cm³/mol. The Morgan fingerprint density at radius 3 is 2.44 bits per heavy atom. The Morgan fingerprint density at radius 1 is 1.17 bits per heavy atom. The molecular formula is C11H16F2N2O2S. The molecule has 0 fully saturated rings. The Hall–Kier alpha value is -1.05. The van der Waals surface area contributed by atoms with E-state index in [2.05, 4.69) is 10.0 Å². The van der Waals surface area contributed by atoms with Crippen molar-refractivity contribution in [1.82, 2.24) is 10.0 Å². The van der Waals surface area contributed by atoms with Crippen LogP contribution in [-0.2, 0) is 10.0 Å². The van der Waals surface area contributed by atoms with Gasteiger partial charge < -0.3 is 5.32 Å². The van der Waals surface area contributed by atoms with Crippen molar-refractivity contribution in [3.8, 4) is 0 Å². The summed E-state index contributed by atoms with van der Waals surface area (Å²) in [6, 6.07) is 1.57. The molecule has 1 aromatic carbocycles. The number of hydrogen-bond acceptors (Lipinski definition) is 3. The summed E-state index contributed by atoms with van der Waals surface area (Å²) in [5.41, 5.74) is 0.0898. The first kappa shape index (κ1) is 15.0. The van der Waals surface area contributed by atoms with Gasteiger partial charge >= 0.3 is 0 Å². The van der Waals surface area contributed by atoms with Crippen LogP contribution in [0.15, 0.2) is 17.0 Å². The standard InChI is InChI=1S/C11H16F2N2O2S/c1-8-6-11(10(13)7-9(8)12)18(16,17)15-5-3-4-14-2/h6-7,14-15H,3-5H2,1-2H3. The van der Waals surface area contributed by atoms with Crippen LogP contribution in [0.2, 0.25) is 0 Å². The Balaban J connectivity index is 2.88. The van der Waals surface area contributed by atoms with Gasteiger partial charge in [-0.3, -0.25) is 0 Å². The highest BCUT2D eigenvalue weighted by atomic mass is 32.2. The highest BCUT2D eigenvalue weighted by Crippen LogP contribution is 2.18. The molecule has 18 heavy (non-hydrogen) atoms. The number of hydrogen-bond donors (Lipinski definition) is 2. The third kappa shape index (κ3) is 3.72. The highest BCUT2D eigenvalue weighted by molar-refractivity contribution is 7.89. The summed E-state index contributed by atoms with van der Waals surface area (Å²) in [5.74, 6) is -1.85. The van der Waals surface area contributed by atoms with Crippen LogP contribution >= 0.6 is 0 Å². The summed E-state index contributed by atoms with van der Waals surface area (Å²) < 4.78 is 52.3. The first-order chi connectivity index (χ1) is 8.38. The number of sulfonamides is 1. The third-order valence-corrected chi connectivity index (χ3v) is 3.87. The van der Waals surface area contributed by atoms with E-state index in [1.54, 1.807) is 7.05 Å². The molecule has 0 aliphatic rings. The lowest BCUT2D eigenvalue weighted by molar-refractivity contribution is 0.539. The number of rotatable bonds is 6. The maximum atomic E-state index is 13.4. The summed E-state index contributed by atoms with van der Waals surface area (Å²) in [7, 11) is -2.18. The summed E-state index contributed by atoms with van der Waals surface area (Å²) in [6.45, 7) is 2.22. The second kappa shape index (κ2) is 6.21. The zero-order valence-electron chi connectivity index (χ0n) is 10.3. The first-order valence-electron chi connectivity index (χ1n) is 5.48. The van der Waals surface area contributed by atoms with E-state index in [4.69, 9.17) is 0 Å². The molecule has 0 saturated heterocycles. The molecule has 0 aromatic heterocycles. The van der Waals surface area contributed by atoms with Gasteiger partial charge in [0.05, 0.1) is 0 Å². The molecule has 0 heterocycles. The van der Waals surface area contributed by atoms with E-state index in [1.807, 2.05) is 0 Å². The van der Waals surface area contributed by atoms with Gasteiger partial charge in [-0.2, -0.15) is 0 Å². The fourth-order valence-corrected chi connectivity index (χ4v) is 2.60. The molecule has 0 atom stereocenters. The number of aryl methyl sites for hydroxylation is 1. The van der Waals surface area contributed by atoms with Crippen LogP contribution < -0.4 is 10.0 Å². The molecule has 0 aliphatic carbocycles. The molecule has 7 heteroatoms. The van der Waals surface area contributed by atoms with Crippen molar-refractivity contribution < 1.29 is 17.2 Å². The molecule has 0 unspecified atom stereocenters. The maximum absolute atomic E-state index is 13.4. The largest absolute Gasteiger partial charge is 0.320 e. The van der Waals surface area contributed by atoms with E-state index in [0.29, 0.717) is 19.0 Å². The molecule has 0 bridgehead atoms. The summed E-state index contributed by atoms with van der Waals surface area (Å²) in [4.78, 5) is -0.522. The van der Waals surface area contributed by atoms with Crippen LogP contribution in [0.3, 0.4) is 0 Å². The average molecular weight is 278 g/mol. The molecule has 102 valence electrons. The molecular weight excluding hydrogens is 262 g/mol. The van der Waals surface area contributed by atoms with Gasteiger partial charge in [-0.25, -0.2) is 21.9 Å². The van der Waals surface area contributed by atoms with Crippen molar-refractivity contribution in [3.05, 3.63) is 29.3 Å². The molecule has 4 nitrogen and oxygen atoms in total. The van der Waals surface area contributed by atoms with Crippen molar-refractivity contribution >= 4 is 10.0 Å². The zero-order valence-corrected chi connectivity index (χ0v) is 11.1. The molecule has 1 rings (SSSR count). The van der Waals surface area contributed by atoms with Crippen molar-refractivity contribution in [2.45, 2.75) is 18.2 Å². The van der Waals surface area contributed by atoms with E-state index in [0.717, 1.165) is 6.07 Å². The fourth-order valence-electron chi connectivity index (χ4n) is 1.39. The Morgan fingerprint density at radius 2 is 1.83 bits per heavy atom. The maximum Gasteiger partial charge on any atom is 0.243 e. The minimum atomic E-state index is -3.93. The van der Waals surface area contributed by atoms with Crippen LogP contribution in [0.4, 0.5) is 8.78 Å². The topological polar surface area (TPSA) is 58.2 Å². The van der Waals surface area contributed by atoms with Crippen LogP contribution in [0.5, 0.6) is 0 Å². The minimum Gasteiger partial charge on any atom is -0.320 e. The van der Waals surface area contributed by atoms with Crippen LogP contribution in [0.1, 0.15) is 12.0 Å². The van der Waals surface area contributed by atoms with Crippen molar-refractivity contribution in [1.29, 1.82) is 0 Å². The Kier molecular flexibility index (Phi) is 5.18. The molecule has 0 aliphatic heterocycles. The van der Waals surface area contributed by atoms with Gasteiger partial charge in [-0.1, -0.05) is 0 Å². The van der Waals surface area contributed by atoms with Gasteiger partial charge in [-0.05, 0) is 38.6 Å². The molecule has 0 amide bonds. The summed E-state index contributed by atoms with van der Waals surface area (Å²) >= 11 is 0. The number of nitrogens with one attached hydrogen (secondary N) is 2. The lowest BCUT2D eigenvalue weighted by atomic mass is 10.2. The summed E-state index contributed by atoms with van der Waals surface area (Å²) in [5, 5.41) is 2.86. The van der Waals surface area contributed by atoms with Crippen molar-refractivity contribution in [2.24, 2.45) is 0 Å². The molecule has 2 N–H and O–H groups in total. The average Bonchev–Trinajstić information content (AvgIpc) is 2.29. The molecule has 0 spiro atoms. The van der Waals surface area contributed by atoms with E-state index in [9.17, 15) is 17.2 Å². The lowest BCUT2D eigenvalue weighted by Gasteiger charge is -2.08. The van der Waals surface area contributed by atoms with Gasteiger partial charge in [0.2, 0.25) is 10.0 Å². The van der Waals surface area contributed by atoms with Crippen LogP contribution in [0.25, 0.3) is 0 Å². The second-order valence-electron chi connectivity index (χ2n) is 3.89. The van der Waals surface area contributed by atoms with Crippen LogP contribution in [-0.4, -0.2) is 28.6 Å². The minimum absolute atomic E-state index is 0.0898. The van der Waals surface area contributed by atoms with Gasteiger partial charge in [0, 0.05) is 12.6 Å². The lowest BCUT2D eigenvalue weighted by Crippen LogP contribution is -2.27. The van der Waals surface area contributed by atoms with Crippen molar-refractivity contribution in [2.75, 3.05) is 20.1 Å². The second-order valence-corrected chi connectivity index (χ2v) is 5.62. The smallest absolute Gasteiger partial charge is 0.243 e. The van der Waals surface area contributed by atoms with Gasteiger partial charge in [0.15, 0.2) is 0 Å². The Labute approximate surface area is 105 Å². The van der Waals surface area contributed by atoms with E-state index in [-0.39, 0.29) is 12.1 Å². The molecule has 0 saturated carbocycles. The summed E-state index contributed by atoms with van der Waals surface area (Å²) in [6.07, 6.45) is 0.581. The zero-order chi connectivity index (χ0) is 13.8. The molecule has 0 radical (unpaired) electrons. The normalized spacial score (nSPS) is 11.8. The van der Waals surface area contributed by atoms with E-state index >= 15 is 0 Å². The van der Waals surface area contributed by atoms with Gasteiger partial charge in [0.1, 0.15) is 16.5 Å². The number of benzene rings is 1. The van der Waals surface area contributed by atoms with Gasteiger partial charge in [0.25, 0.3) is 0 Å².